The Labute approximate surface area is 71.6 Å². The second-order valence-corrected chi connectivity index (χ2v) is 2.10. The second kappa shape index (κ2) is 4.19. The van der Waals surface area contributed by atoms with Crippen LogP contribution in [0.3, 0.4) is 0 Å². The van der Waals surface area contributed by atoms with Crippen LogP contribution in [0, 0.1) is 5.92 Å². The summed E-state index contributed by atoms with van der Waals surface area (Å²) in [7, 11) is 0. The Morgan fingerprint density at radius 1 is 1.00 bits per heavy atom. The number of ketones is 1. The highest BCUT2D eigenvalue weighted by atomic mass is 16.4. The lowest BCUT2D eigenvalue weighted by Gasteiger charge is -2.17. The van der Waals surface area contributed by atoms with Crippen LogP contribution >= 0.6 is 0 Å². The molecule has 0 saturated carbocycles. The quantitative estimate of drug-likeness (QED) is 0.309. The minimum atomic E-state index is -2.27. The molecule has 7 nitrogen and oxygen atoms in total. The molecule has 0 aliphatic rings. The summed E-state index contributed by atoms with van der Waals surface area (Å²) in [6, 6.07) is 0. The molecule has 0 bridgehead atoms. The molecular formula is C6H3O7-3. The van der Waals surface area contributed by atoms with Gasteiger partial charge in [-0.25, -0.2) is 0 Å². The van der Waals surface area contributed by atoms with Crippen LogP contribution in [0.4, 0.5) is 0 Å². The number of hydrogen-bond acceptors (Lipinski definition) is 7. The summed E-state index contributed by atoms with van der Waals surface area (Å²) in [5.74, 6) is -10.3. The Kier molecular flexibility index (Phi) is 3.57. The number of Topliss-reactive ketones (excluding diaryl/α,β-unsaturated/α-hetero) is 1. The van der Waals surface area contributed by atoms with Crippen LogP contribution < -0.4 is 15.3 Å². The maximum absolute atomic E-state index is 10.4. The molecule has 0 radical (unpaired) electrons. The Morgan fingerprint density at radius 3 is 1.69 bits per heavy atom. The first-order valence-electron chi connectivity index (χ1n) is 3.02. The lowest BCUT2D eigenvalue weighted by molar-refractivity contribution is -0.321. The summed E-state index contributed by atoms with van der Waals surface area (Å²) in [5, 5.41) is 29.8. The molecule has 0 aromatic carbocycles. The molecule has 7 heteroatoms. The van der Waals surface area contributed by atoms with Crippen molar-refractivity contribution < 1.29 is 34.5 Å². The van der Waals surface area contributed by atoms with Gasteiger partial charge in [-0.05, 0) is 0 Å². The maximum Gasteiger partial charge on any atom is 0.187 e. The first-order chi connectivity index (χ1) is 5.86. The van der Waals surface area contributed by atoms with Gasteiger partial charge in [0.2, 0.25) is 0 Å². The van der Waals surface area contributed by atoms with Gasteiger partial charge in [0.05, 0.1) is 11.9 Å². The van der Waals surface area contributed by atoms with E-state index >= 15 is 0 Å². The topological polar surface area (TPSA) is 137 Å². The highest BCUT2D eigenvalue weighted by Crippen LogP contribution is 2.02. The summed E-state index contributed by atoms with van der Waals surface area (Å²) in [6.45, 7) is 0. The molecule has 0 heterocycles. The number of hydrogen-bond donors (Lipinski definition) is 0. The van der Waals surface area contributed by atoms with Crippen molar-refractivity contribution in [2.24, 2.45) is 5.92 Å². The third-order valence-corrected chi connectivity index (χ3v) is 1.17. The van der Waals surface area contributed by atoms with Gasteiger partial charge in [-0.1, -0.05) is 0 Å². The van der Waals surface area contributed by atoms with E-state index in [0.29, 0.717) is 0 Å². The zero-order chi connectivity index (χ0) is 10.6. The third kappa shape index (κ3) is 3.32. The molecule has 0 amide bonds. The van der Waals surface area contributed by atoms with Crippen LogP contribution in [-0.2, 0) is 19.2 Å². The molecule has 0 saturated heterocycles. The zero-order valence-electron chi connectivity index (χ0n) is 6.14. The summed E-state index contributed by atoms with van der Waals surface area (Å²) in [5.41, 5.74) is 0. The Bertz CT molecular complexity index is 266. The van der Waals surface area contributed by atoms with Gasteiger partial charge in [-0.15, -0.1) is 0 Å². The molecule has 0 aliphatic heterocycles. The highest BCUT2D eigenvalue weighted by molar-refractivity contribution is 6.36. The van der Waals surface area contributed by atoms with Gasteiger partial charge in [-0.2, -0.15) is 0 Å². The van der Waals surface area contributed by atoms with E-state index in [2.05, 4.69) is 0 Å². The average Bonchev–Trinajstić information content (AvgIpc) is 1.97. The SMILES string of the molecule is O=C([O-])C[C@H](C(=O)[O-])C(=O)C(=O)[O-]. The first-order valence-corrected chi connectivity index (χ1v) is 3.02. The van der Waals surface area contributed by atoms with E-state index in [1.165, 1.54) is 0 Å². The minimum Gasteiger partial charge on any atom is -0.550 e. The van der Waals surface area contributed by atoms with E-state index in [0.717, 1.165) is 0 Å². The number of carbonyl (C=O) groups is 4. The Morgan fingerprint density at radius 2 is 1.46 bits per heavy atom. The Hall–Kier alpha value is -1.92. The second-order valence-electron chi connectivity index (χ2n) is 2.10. The number of carbonyl (C=O) groups excluding carboxylic acids is 4. The van der Waals surface area contributed by atoms with Crippen LogP contribution in [0.5, 0.6) is 0 Å². The van der Waals surface area contributed by atoms with E-state index in [4.69, 9.17) is 0 Å². The van der Waals surface area contributed by atoms with Gasteiger partial charge in [0.25, 0.3) is 0 Å². The summed E-state index contributed by atoms with van der Waals surface area (Å²) in [4.78, 5) is 40.2. The van der Waals surface area contributed by atoms with Gasteiger partial charge in [-0.3, -0.25) is 4.79 Å². The fourth-order valence-electron chi connectivity index (χ4n) is 0.592. The number of rotatable bonds is 5. The van der Waals surface area contributed by atoms with E-state index in [1.807, 2.05) is 0 Å². The third-order valence-electron chi connectivity index (χ3n) is 1.17. The van der Waals surface area contributed by atoms with Crippen LogP contribution in [0.15, 0.2) is 0 Å². The predicted molar refractivity (Wildman–Crippen MR) is 28.1 cm³/mol. The molecule has 0 spiro atoms. The lowest BCUT2D eigenvalue weighted by Crippen LogP contribution is -2.46. The monoisotopic (exact) mass is 187 g/mol. The molecular weight excluding hydrogens is 184 g/mol. The zero-order valence-corrected chi connectivity index (χ0v) is 6.14. The molecule has 0 rings (SSSR count). The molecule has 0 aliphatic carbocycles. The van der Waals surface area contributed by atoms with Crippen molar-refractivity contribution in [3.8, 4) is 0 Å². The van der Waals surface area contributed by atoms with Crippen LogP contribution in [0.2, 0.25) is 0 Å². The van der Waals surface area contributed by atoms with Crippen molar-refractivity contribution in [3.63, 3.8) is 0 Å². The number of carboxylic acid groups (broad SMARTS) is 3. The van der Waals surface area contributed by atoms with Gasteiger partial charge in [0, 0.05) is 12.4 Å². The standard InChI is InChI=1S/C6H6O7/c7-3(8)1-2(5(10)11)4(9)6(12)13/h2H,1H2,(H,7,8)(H,10,11)(H,12,13)/p-3/t2-/m0/s1. The fraction of sp³-hybridized carbons (Fsp3) is 0.333. The molecule has 0 N–H and O–H groups in total. The first kappa shape index (κ1) is 11.1. The summed E-state index contributed by atoms with van der Waals surface area (Å²) >= 11 is 0. The lowest BCUT2D eigenvalue weighted by atomic mass is 10.0. The Balaban J connectivity index is 4.61. The molecule has 0 fully saturated rings. The van der Waals surface area contributed by atoms with Gasteiger partial charge < -0.3 is 29.7 Å². The van der Waals surface area contributed by atoms with Crippen molar-refractivity contribution in [1.82, 2.24) is 0 Å². The maximum atomic E-state index is 10.4. The molecule has 0 aromatic rings. The molecule has 1 atom stereocenters. The van der Waals surface area contributed by atoms with Crippen LogP contribution in [0.1, 0.15) is 6.42 Å². The van der Waals surface area contributed by atoms with Crippen molar-refractivity contribution in [2.75, 3.05) is 0 Å². The summed E-state index contributed by atoms with van der Waals surface area (Å²) < 4.78 is 0. The normalized spacial score (nSPS) is 11.7. The van der Waals surface area contributed by atoms with Crippen molar-refractivity contribution in [3.05, 3.63) is 0 Å². The summed E-state index contributed by atoms with van der Waals surface area (Å²) in [6.07, 6.45) is -1.24. The highest BCUT2D eigenvalue weighted by Gasteiger charge is 2.20. The van der Waals surface area contributed by atoms with Crippen LogP contribution in [-0.4, -0.2) is 23.7 Å². The molecule has 0 unspecified atom stereocenters. The molecule has 13 heavy (non-hydrogen) atoms. The fourth-order valence-corrected chi connectivity index (χ4v) is 0.592. The van der Waals surface area contributed by atoms with Gasteiger partial charge in [0.15, 0.2) is 5.78 Å². The largest absolute Gasteiger partial charge is 0.550 e. The van der Waals surface area contributed by atoms with Crippen molar-refractivity contribution >= 4 is 23.7 Å². The molecule has 0 aromatic heterocycles. The van der Waals surface area contributed by atoms with E-state index in [1.54, 1.807) is 0 Å². The van der Waals surface area contributed by atoms with E-state index in [-0.39, 0.29) is 0 Å². The van der Waals surface area contributed by atoms with Crippen molar-refractivity contribution in [2.45, 2.75) is 6.42 Å². The number of aliphatic carboxylic acids is 3. The van der Waals surface area contributed by atoms with E-state index in [9.17, 15) is 34.5 Å². The predicted octanol–water partition coefficient (Wildman–Crippen LogP) is -5.19. The average molecular weight is 187 g/mol. The van der Waals surface area contributed by atoms with Gasteiger partial charge in [0.1, 0.15) is 5.97 Å². The van der Waals surface area contributed by atoms with Crippen molar-refractivity contribution in [1.29, 1.82) is 0 Å². The van der Waals surface area contributed by atoms with Crippen LogP contribution in [0.25, 0.3) is 0 Å². The number of carboxylic acids is 3. The molecule has 72 valence electrons. The van der Waals surface area contributed by atoms with E-state index < -0.39 is 36.0 Å². The smallest absolute Gasteiger partial charge is 0.187 e. The van der Waals surface area contributed by atoms with Gasteiger partial charge >= 0.3 is 0 Å². The minimum absolute atomic E-state index is 1.24.